The number of hydrogen-bond acceptors (Lipinski definition) is 5. The van der Waals surface area contributed by atoms with E-state index in [2.05, 4.69) is 83.1 Å². The highest BCUT2D eigenvalue weighted by Gasteiger charge is 2.19. The summed E-state index contributed by atoms with van der Waals surface area (Å²) in [5.74, 6) is 0.924. The predicted molar refractivity (Wildman–Crippen MR) is 159 cm³/mol. The molecule has 2 amide bonds. The Morgan fingerprint density at radius 1 is 0.925 bits per heavy atom. The molecule has 4 aromatic rings. The van der Waals surface area contributed by atoms with Crippen LogP contribution in [0.15, 0.2) is 89.5 Å². The quantitative estimate of drug-likeness (QED) is 0.241. The first-order chi connectivity index (χ1) is 19.7. The molecule has 0 saturated carbocycles. The number of ether oxygens (including phenoxy) is 1. The molecule has 1 atom stereocenters. The summed E-state index contributed by atoms with van der Waals surface area (Å²) in [6.07, 6.45) is 2.61. The highest BCUT2D eigenvalue weighted by molar-refractivity contribution is 5.86. The fourth-order valence-corrected chi connectivity index (χ4v) is 5.27. The van der Waals surface area contributed by atoms with E-state index >= 15 is 0 Å². The maximum atomic E-state index is 13.6. The summed E-state index contributed by atoms with van der Waals surface area (Å²) in [6.45, 7) is 9.23. The Morgan fingerprint density at radius 3 is 2.50 bits per heavy atom. The summed E-state index contributed by atoms with van der Waals surface area (Å²) in [5, 5.41) is 9.05. The van der Waals surface area contributed by atoms with Crippen molar-refractivity contribution in [1.82, 2.24) is 20.4 Å². The fraction of sp³-hybridized carbons (Fsp3) is 0.364. The van der Waals surface area contributed by atoms with Crippen LogP contribution in [-0.4, -0.2) is 55.2 Å². The van der Waals surface area contributed by atoms with Gasteiger partial charge in [0, 0.05) is 39.3 Å². The van der Waals surface area contributed by atoms with Crippen LogP contribution >= 0.6 is 0 Å². The zero-order valence-corrected chi connectivity index (χ0v) is 23.4. The summed E-state index contributed by atoms with van der Waals surface area (Å²) in [4.78, 5) is 18.0. The van der Waals surface area contributed by atoms with E-state index < -0.39 is 0 Å². The first kappa shape index (κ1) is 27.9. The lowest BCUT2D eigenvalue weighted by Crippen LogP contribution is -2.43. The third-order valence-corrected chi connectivity index (χ3v) is 7.53. The van der Waals surface area contributed by atoms with Gasteiger partial charge in [0.15, 0.2) is 0 Å². The molecule has 1 aromatic heterocycles. The molecular formula is C33H40N4O3. The summed E-state index contributed by atoms with van der Waals surface area (Å²) in [6, 6.07) is 26.9. The second kappa shape index (κ2) is 14.1. The molecule has 2 N–H and O–H groups in total. The lowest BCUT2D eigenvalue weighted by atomic mass is 10.00. The van der Waals surface area contributed by atoms with Gasteiger partial charge < -0.3 is 24.7 Å². The maximum absolute atomic E-state index is 13.6. The van der Waals surface area contributed by atoms with Crippen LogP contribution in [0.25, 0.3) is 10.8 Å². The molecule has 0 radical (unpaired) electrons. The number of nitrogens with zero attached hydrogens (tertiary/aromatic N) is 2. The Balaban J connectivity index is 1.22. The minimum atomic E-state index is -0.108. The van der Waals surface area contributed by atoms with Crippen molar-refractivity contribution in [3.8, 4) is 0 Å². The van der Waals surface area contributed by atoms with Gasteiger partial charge >= 0.3 is 6.03 Å². The van der Waals surface area contributed by atoms with E-state index in [-0.39, 0.29) is 12.1 Å². The number of benzene rings is 3. The number of hydrogen-bond donors (Lipinski definition) is 2. The zero-order chi connectivity index (χ0) is 27.6. The molecule has 2 heterocycles. The number of urea groups is 1. The van der Waals surface area contributed by atoms with Crippen LogP contribution < -0.4 is 10.6 Å². The first-order valence-corrected chi connectivity index (χ1v) is 14.3. The Hall–Kier alpha value is -3.65. The average molecular weight is 541 g/mol. The topological polar surface area (TPSA) is 70.0 Å². The SMILES string of the molecule is C[C@H](NC(=O)N(CCCN1CCOCC1)Cc1ccc(CNCc2ccco2)cc1)c1cccc2ccccc12. The molecule has 0 bridgehead atoms. The zero-order valence-electron chi connectivity index (χ0n) is 23.4. The third kappa shape index (κ3) is 7.72. The van der Waals surface area contributed by atoms with Gasteiger partial charge in [0.2, 0.25) is 0 Å². The van der Waals surface area contributed by atoms with Gasteiger partial charge in [-0.2, -0.15) is 0 Å². The first-order valence-electron chi connectivity index (χ1n) is 14.3. The smallest absolute Gasteiger partial charge is 0.318 e. The lowest BCUT2D eigenvalue weighted by Gasteiger charge is -2.29. The van der Waals surface area contributed by atoms with Crippen molar-refractivity contribution in [1.29, 1.82) is 0 Å². The summed E-state index contributed by atoms with van der Waals surface area (Å²) >= 11 is 0. The second-order valence-electron chi connectivity index (χ2n) is 10.5. The number of amides is 2. The predicted octanol–water partition coefficient (Wildman–Crippen LogP) is 5.72. The Labute approximate surface area is 237 Å². The lowest BCUT2D eigenvalue weighted by molar-refractivity contribution is 0.0364. The van der Waals surface area contributed by atoms with Crippen LogP contribution in [-0.2, 0) is 24.4 Å². The molecular weight excluding hydrogens is 500 g/mol. The van der Waals surface area contributed by atoms with E-state index in [0.29, 0.717) is 19.6 Å². The van der Waals surface area contributed by atoms with Crippen LogP contribution in [0.4, 0.5) is 4.79 Å². The maximum Gasteiger partial charge on any atom is 0.318 e. The molecule has 7 nitrogen and oxygen atoms in total. The van der Waals surface area contributed by atoms with E-state index in [4.69, 9.17) is 9.15 Å². The Bertz CT molecular complexity index is 1330. The largest absolute Gasteiger partial charge is 0.468 e. The van der Waals surface area contributed by atoms with Crippen LogP contribution in [0.2, 0.25) is 0 Å². The van der Waals surface area contributed by atoms with Gasteiger partial charge in [-0.1, -0.05) is 66.7 Å². The van der Waals surface area contributed by atoms with Crippen LogP contribution in [0.3, 0.4) is 0 Å². The number of carbonyl (C=O) groups is 1. The van der Waals surface area contributed by atoms with Crippen molar-refractivity contribution >= 4 is 16.8 Å². The van der Waals surface area contributed by atoms with E-state index in [1.807, 2.05) is 23.1 Å². The van der Waals surface area contributed by atoms with Gasteiger partial charge in [-0.25, -0.2) is 4.79 Å². The number of furan rings is 1. The van der Waals surface area contributed by atoms with Crippen LogP contribution in [0, 0.1) is 0 Å². The number of morpholine rings is 1. The van der Waals surface area contributed by atoms with Crippen molar-refractivity contribution in [2.45, 2.75) is 39.0 Å². The molecule has 7 heteroatoms. The van der Waals surface area contributed by atoms with Crippen LogP contribution in [0.5, 0.6) is 0 Å². The Morgan fingerprint density at radius 2 is 1.70 bits per heavy atom. The molecule has 40 heavy (non-hydrogen) atoms. The van der Waals surface area contributed by atoms with E-state index in [1.54, 1.807) is 6.26 Å². The van der Waals surface area contributed by atoms with Crippen molar-refractivity contribution in [3.05, 3.63) is 108 Å². The number of nitrogens with one attached hydrogen (secondary N) is 2. The van der Waals surface area contributed by atoms with E-state index in [1.165, 1.54) is 16.3 Å². The summed E-state index contributed by atoms with van der Waals surface area (Å²) in [7, 11) is 0. The van der Waals surface area contributed by atoms with E-state index in [0.717, 1.165) is 62.7 Å². The normalized spacial score (nSPS) is 14.7. The van der Waals surface area contributed by atoms with Crippen molar-refractivity contribution in [2.75, 3.05) is 39.4 Å². The highest BCUT2D eigenvalue weighted by atomic mass is 16.5. The van der Waals surface area contributed by atoms with Gasteiger partial charge in [-0.3, -0.25) is 4.90 Å². The molecule has 210 valence electrons. The average Bonchev–Trinajstić information content (AvgIpc) is 3.51. The third-order valence-electron chi connectivity index (χ3n) is 7.53. The second-order valence-corrected chi connectivity index (χ2v) is 10.5. The van der Waals surface area contributed by atoms with Gasteiger partial charge in [0.1, 0.15) is 5.76 Å². The van der Waals surface area contributed by atoms with E-state index in [9.17, 15) is 4.79 Å². The fourth-order valence-electron chi connectivity index (χ4n) is 5.27. The molecule has 0 spiro atoms. The molecule has 1 aliphatic heterocycles. The van der Waals surface area contributed by atoms with Crippen molar-refractivity contribution < 1.29 is 13.9 Å². The van der Waals surface area contributed by atoms with Gasteiger partial charge in [-0.05, 0) is 52.9 Å². The monoisotopic (exact) mass is 540 g/mol. The number of fused-ring (bicyclic) bond motifs is 1. The number of rotatable bonds is 12. The van der Waals surface area contributed by atoms with Gasteiger partial charge in [-0.15, -0.1) is 0 Å². The van der Waals surface area contributed by atoms with Crippen LogP contribution in [0.1, 0.15) is 41.8 Å². The molecule has 1 fully saturated rings. The van der Waals surface area contributed by atoms with Crippen molar-refractivity contribution in [2.24, 2.45) is 0 Å². The summed E-state index contributed by atoms with van der Waals surface area (Å²) in [5.41, 5.74) is 3.45. The standard InChI is InChI=1S/C33H40N4O3/c1-26(31-11-4-8-29-7-2-3-10-32(29)31)35-33(38)37(17-6-16-36-18-21-39-22-19-36)25-28-14-12-27(13-15-28)23-34-24-30-9-5-20-40-30/h2-5,7-15,20,26,34H,6,16-19,21-25H2,1H3,(H,35,38)/t26-/m0/s1. The Kier molecular flexibility index (Phi) is 9.85. The minimum Gasteiger partial charge on any atom is -0.468 e. The molecule has 0 aliphatic carbocycles. The number of carbonyl (C=O) groups excluding carboxylic acids is 1. The van der Waals surface area contributed by atoms with Gasteiger partial charge in [0.25, 0.3) is 0 Å². The molecule has 5 rings (SSSR count). The molecule has 0 unspecified atom stereocenters. The van der Waals surface area contributed by atoms with Crippen molar-refractivity contribution in [3.63, 3.8) is 0 Å². The minimum absolute atomic E-state index is 0.0356. The molecule has 1 aliphatic rings. The summed E-state index contributed by atoms with van der Waals surface area (Å²) < 4.78 is 10.9. The highest BCUT2D eigenvalue weighted by Crippen LogP contribution is 2.24. The molecule has 3 aromatic carbocycles. The van der Waals surface area contributed by atoms with Gasteiger partial charge in [0.05, 0.1) is 32.1 Å². The molecule has 1 saturated heterocycles.